The van der Waals surface area contributed by atoms with Gasteiger partial charge in [0.1, 0.15) is 0 Å². The highest BCUT2D eigenvalue weighted by Gasteiger charge is 2.22. The molecule has 0 radical (unpaired) electrons. The zero-order valence-corrected chi connectivity index (χ0v) is 16.3. The smallest absolute Gasteiger partial charge is 0.220 e. The van der Waals surface area contributed by atoms with Crippen LogP contribution in [0, 0.1) is 5.92 Å². The predicted octanol–water partition coefficient (Wildman–Crippen LogP) is 2.27. The lowest BCUT2D eigenvalue weighted by Crippen LogP contribution is -2.38. The van der Waals surface area contributed by atoms with E-state index in [1.807, 2.05) is 0 Å². The number of rotatable bonds is 7. The molecular weight excluding hydrogens is 338 g/mol. The van der Waals surface area contributed by atoms with Crippen LogP contribution in [-0.2, 0) is 17.6 Å². The maximum absolute atomic E-state index is 11.2. The average Bonchev–Trinajstić information content (AvgIpc) is 2.68. The first-order chi connectivity index (χ1) is 13.1. The summed E-state index contributed by atoms with van der Waals surface area (Å²) < 4.78 is 0. The van der Waals surface area contributed by atoms with E-state index in [0.717, 1.165) is 64.0 Å². The number of amides is 1. The van der Waals surface area contributed by atoms with E-state index in [-0.39, 0.29) is 11.8 Å². The maximum atomic E-state index is 11.2. The zero-order valence-electron chi connectivity index (χ0n) is 16.3. The number of nitrogens with one attached hydrogen (secondary N) is 1. The lowest BCUT2D eigenvalue weighted by molar-refractivity contribution is -0.123. The molecule has 1 aliphatic heterocycles. The second kappa shape index (κ2) is 9.74. The number of likely N-dealkylation sites (tertiary alicyclic amines) is 1. The minimum absolute atomic E-state index is 0.0699. The van der Waals surface area contributed by atoms with Crippen molar-refractivity contribution in [3.8, 4) is 0 Å². The average molecular weight is 372 g/mol. The van der Waals surface area contributed by atoms with E-state index < -0.39 is 0 Å². The minimum atomic E-state index is -0.147. The van der Waals surface area contributed by atoms with E-state index in [1.54, 1.807) is 0 Å². The van der Waals surface area contributed by atoms with E-state index in [4.69, 9.17) is 11.5 Å². The van der Waals surface area contributed by atoms with Crippen LogP contribution in [0.2, 0.25) is 0 Å². The maximum Gasteiger partial charge on any atom is 0.220 e. The summed E-state index contributed by atoms with van der Waals surface area (Å²) in [6.45, 7) is 3.74. The van der Waals surface area contributed by atoms with Crippen LogP contribution in [0.1, 0.15) is 49.7 Å². The molecule has 0 bridgehead atoms. The number of hydrogen-bond acceptors (Lipinski definition) is 3. The first-order valence-corrected chi connectivity index (χ1v) is 10.3. The molecule has 3 rings (SSSR count). The van der Waals surface area contributed by atoms with Crippen molar-refractivity contribution in [1.82, 2.24) is 4.90 Å². The summed E-state index contributed by atoms with van der Waals surface area (Å²) in [5, 5.41) is 3.30. The number of hydrogen-bond donors (Lipinski definition) is 3. The molecule has 0 spiro atoms. The molecule has 27 heavy (non-hydrogen) atoms. The van der Waals surface area contributed by atoms with Gasteiger partial charge in [0.2, 0.25) is 5.91 Å². The zero-order chi connectivity index (χ0) is 19.1. The van der Waals surface area contributed by atoms with Crippen LogP contribution in [0.15, 0.2) is 23.2 Å². The van der Waals surface area contributed by atoms with Crippen molar-refractivity contribution < 1.29 is 4.79 Å². The molecule has 1 amide bonds. The SMILES string of the molecule is NC(=O)C1CCN(CCCCN=C(N)Nc2cccc3c2CCCC3)CC1. The molecule has 148 valence electrons. The number of carbonyl (C=O) groups is 1. The number of nitrogens with zero attached hydrogens (tertiary/aromatic N) is 2. The Bertz CT molecular complexity index is 665. The molecular formula is C21H33N5O. The Morgan fingerprint density at radius 2 is 1.93 bits per heavy atom. The van der Waals surface area contributed by atoms with Gasteiger partial charge < -0.3 is 21.7 Å². The van der Waals surface area contributed by atoms with E-state index in [9.17, 15) is 4.79 Å². The number of benzene rings is 1. The molecule has 0 unspecified atom stereocenters. The molecule has 6 nitrogen and oxygen atoms in total. The Morgan fingerprint density at radius 3 is 2.70 bits per heavy atom. The molecule has 2 aliphatic rings. The number of aliphatic imine (C=N–C) groups is 1. The van der Waals surface area contributed by atoms with Crippen LogP contribution >= 0.6 is 0 Å². The number of nitrogens with two attached hydrogens (primary N) is 2. The Kier molecular flexibility index (Phi) is 7.10. The second-order valence-corrected chi connectivity index (χ2v) is 7.77. The highest BCUT2D eigenvalue weighted by atomic mass is 16.1. The minimum Gasteiger partial charge on any atom is -0.370 e. The summed E-state index contributed by atoms with van der Waals surface area (Å²) in [5.41, 5.74) is 15.4. The van der Waals surface area contributed by atoms with Crippen LogP contribution in [-0.4, -0.2) is 42.9 Å². The van der Waals surface area contributed by atoms with Gasteiger partial charge in [-0.2, -0.15) is 0 Å². The van der Waals surface area contributed by atoms with Crippen molar-refractivity contribution in [2.75, 3.05) is 31.5 Å². The van der Waals surface area contributed by atoms with Gasteiger partial charge in [-0.3, -0.25) is 9.79 Å². The van der Waals surface area contributed by atoms with Gasteiger partial charge in [-0.1, -0.05) is 12.1 Å². The van der Waals surface area contributed by atoms with Gasteiger partial charge in [-0.15, -0.1) is 0 Å². The Hall–Kier alpha value is -2.08. The normalized spacial score (nSPS) is 18.9. The number of guanidine groups is 1. The Morgan fingerprint density at radius 1 is 1.15 bits per heavy atom. The molecule has 6 heteroatoms. The van der Waals surface area contributed by atoms with Crippen LogP contribution in [0.5, 0.6) is 0 Å². The van der Waals surface area contributed by atoms with Crippen molar-refractivity contribution in [1.29, 1.82) is 0 Å². The van der Waals surface area contributed by atoms with Crippen LogP contribution in [0.25, 0.3) is 0 Å². The monoisotopic (exact) mass is 371 g/mol. The lowest BCUT2D eigenvalue weighted by Gasteiger charge is -2.30. The van der Waals surface area contributed by atoms with Crippen molar-refractivity contribution in [2.24, 2.45) is 22.4 Å². The quantitative estimate of drug-likeness (QED) is 0.389. The van der Waals surface area contributed by atoms with E-state index in [1.165, 1.54) is 30.4 Å². The molecule has 0 atom stereocenters. The molecule has 1 saturated heterocycles. The van der Waals surface area contributed by atoms with Crippen molar-refractivity contribution >= 4 is 17.6 Å². The standard InChI is InChI=1S/C21H33N5O/c22-20(27)17-10-14-26(15-11-17)13-4-3-12-24-21(23)25-19-9-5-7-16-6-1-2-8-18(16)19/h5,7,9,17H,1-4,6,8,10-15H2,(H2,22,27)(H3,23,24,25). The van der Waals surface area contributed by atoms with Crippen LogP contribution in [0.3, 0.4) is 0 Å². The molecule has 1 aromatic rings. The van der Waals surface area contributed by atoms with Crippen LogP contribution < -0.4 is 16.8 Å². The summed E-state index contributed by atoms with van der Waals surface area (Å²) in [6.07, 6.45) is 8.72. The van der Waals surface area contributed by atoms with E-state index in [0.29, 0.717) is 5.96 Å². The summed E-state index contributed by atoms with van der Waals surface area (Å²) in [5.74, 6) is 0.434. The first-order valence-electron chi connectivity index (χ1n) is 10.3. The number of unbranched alkanes of at least 4 members (excludes halogenated alkanes) is 1. The molecule has 1 aromatic carbocycles. The molecule has 5 N–H and O–H groups in total. The van der Waals surface area contributed by atoms with Gasteiger partial charge in [0.05, 0.1) is 0 Å². The molecule has 1 aliphatic carbocycles. The van der Waals surface area contributed by atoms with Gasteiger partial charge in [-0.25, -0.2) is 0 Å². The van der Waals surface area contributed by atoms with Crippen molar-refractivity contribution in [3.05, 3.63) is 29.3 Å². The second-order valence-electron chi connectivity index (χ2n) is 7.77. The van der Waals surface area contributed by atoms with Gasteiger partial charge in [-0.05, 0) is 88.2 Å². The highest BCUT2D eigenvalue weighted by Crippen LogP contribution is 2.27. The van der Waals surface area contributed by atoms with Crippen molar-refractivity contribution in [2.45, 2.75) is 51.4 Å². The fourth-order valence-electron chi connectivity index (χ4n) is 4.16. The van der Waals surface area contributed by atoms with Crippen LogP contribution in [0.4, 0.5) is 5.69 Å². The largest absolute Gasteiger partial charge is 0.370 e. The van der Waals surface area contributed by atoms with Gasteiger partial charge in [0.15, 0.2) is 5.96 Å². The summed E-state index contributed by atoms with van der Waals surface area (Å²) in [6, 6.07) is 6.42. The van der Waals surface area contributed by atoms with E-state index in [2.05, 4.69) is 33.4 Å². The fraction of sp³-hybridized carbons (Fsp3) is 0.619. The third-order valence-electron chi connectivity index (χ3n) is 5.81. The summed E-state index contributed by atoms with van der Waals surface area (Å²) in [4.78, 5) is 18.1. The third-order valence-corrected chi connectivity index (χ3v) is 5.81. The number of primary amides is 1. The summed E-state index contributed by atoms with van der Waals surface area (Å²) in [7, 11) is 0. The third kappa shape index (κ3) is 5.70. The molecule has 0 aromatic heterocycles. The van der Waals surface area contributed by atoms with Crippen molar-refractivity contribution in [3.63, 3.8) is 0 Å². The van der Waals surface area contributed by atoms with Gasteiger partial charge in [0, 0.05) is 18.2 Å². The Balaban J connectivity index is 1.36. The predicted molar refractivity (Wildman–Crippen MR) is 111 cm³/mol. The number of fused-ring (bicyclic) bond motifs is 1. The molecule has 1 heterocycles. The van der Waals surface area contributed by atoms with Gasteiger partial charge >= 0.3 is 0 Å². The van der Waals surface area contributed by atoms with Gasteiger partial charge in [0.25, 0.3) is 0 Å². The number of anilines is 1. The number of piperidine rings is 1. The lowest BCUT2D eigenvalue weighted by atomic mass is 9.90. The Labute approximate surface area is 162 Å². The molecule has 0 saturated carbocycles. The number of aryl methyl sites for hydroxylation is 1. The first kappa shape index (κ1) is 19.7. The fourth-order valence-corrected chi connectivity index (χ4v) is 4.16. The van der Waals surface area contributed by atoms with E-state index >= 15 is 0 Å². The number of carbonyl (C=O) groups excluding carboxylic acids is 1. The topological polar surface area (TPSA) is 96.7 Å². The molecule has 1 fully saturated rings. The highest BCUT2D eigenvalue weighted by molar-refractivity contribution is 5.93. The summed E-state index contributed by atoms with van der Waals surface area (Å²) >= 11 is 0.